The molecular formula is C22H27NO2. The highest BCUT2D eigenvalue weighted by atomic mass is 16.2. The van der Waals surface area contributed by atoms with Crippen LogP contribution in [0.5, 0.6) is 0 Å². The van der Waals surface area contributed by atoms with Gasteiger partial charge in [0.2, 0.25) is 0 Å². The first-order valence-electron chi connectivity index (χ1n) is 9.50. The molecule has 0 saturated carbocycles. The van der Waals surface area contributed by atoms with Crippen LogP contribution in [0.25, 0.3) is 10.8 Å². The number of unbranched alkanes of at least 4 members (excludes halogenated alkanes) is 2. The number of imide groups is 1. The van der Waals surface area contributed by atoms with Crippen molar-refractivity contribution in [3.8, 4) is 0 Å². The summed E-state index contributed by atoms with van der Waals surface area (Å²) in [5, 5.41) is 1.84. The summed E-state index contributed by atoms with van der Waals surface area (Å²) in [4.78, 5) is 27.9. The molecule has 0 bridgehead atoms. The number of nitrogens with zero attached hydrogens (tertiary/aromatic N) is 1. The maximum absolute atomic E-state index is 13.2. The van der Waals surface area contributed by atoms with Crippen LogP contribution in [0.15, 0.2) is 30.3 Å². The van der Waals surface area contributed by atoms with Crippen molar-refractivity contribution >= 4 is 22.6 Å². The molecule has 2 amide bonds. The minimum atomic E-state index is -0.120. The summed E-state index contributed by atoms with van der Waals surface area (Å²) in [6.07, 6.45) is 6.01. The molecule has 1 aliphatic heterocycles. The van der Waals surface area contributed by atoms with Crippen molar-refractivity contribution in [1.29, 1.82) is 0 Å². The van der Waals surface area contributed by atoms with Crippen molar-refractivity contribution < 1.29 is 9.59 Å². The van der Waals surface area contributed by atoms with Crippen LogP contribution in [0.1, 0.15) is 78.7 Å². The number of carbonyl (C=O) groups is 2. The van der Waals surface area contributed by atoms with E-state index in [1.807, 2.05) is 37.3 Å². The standard InChI is InChI=1S/C22H27NO2/c1-4-6-9-16(10-7-5-2)23-21(24)18-12-8-11-17-15(3)13-14-19(20(17)18)22(23)25/h8,11-14,16H,4-7,9-10H2,1-3H3. The van der Waals surface area contributed by atoms with Gasteiger partial charge >= 0.3 is 0 Å². The van der Waals surface area contributed by atoms with Crippen LogP contribution < -0.4 is 0 Å². The Morgan fingerprint density at radius 3 is 2.08 bits per heavy atom. The lowest BCUT2D eigenvalue weighted by Crippen LogP contribution is -2.47. The maximum atomic E-state index is 13.2. The normalized spacial score (nSPS) is 14.0. The first-order valence-corrected chi connectivity index (χ1v) is 9.50. The molecule has 0 aromatic heterocycles. The van der Waals surface area contributed by atoms with Gasteiger partial charge in [0, 0.05) is 22.6 Å². The first kappa shape index (κ1) is 17.7. The molecule has 132 valence electrons. The second kappa shape index (κ2) is 7.38. The first-order chi connectivity index (χ1) is 12.1. The Bertz CT molecular complexity index is 779. The van der Waals surface area contributed by atoms with E-state index in [2.05, 4.69) is 13.8 Å². The van der Waals surface area contributed by atoms with E-state index < -0.39 is 0 Å². The second-order valence-corrected chi connectivity index (χ2v) is 7.08. The van der Waals surface area contributed by atoms with E-state index in [1.165, 1.54) is 0 Å². The number of rotatable bonds is 7. The lowest BCUT2D eigenvalue weighted by molar-refractivity contribution is 0.0518. The minimum absolute atomic E-state index is 0.00427. The van der Waals surface area contributed by atoms with Crippen molar-refractivity contribution in [3.63, 3.8) is 0 Å². The Labute approximate surface area is 150 Å². The highest BCUT2D eigenvalue weighted by Crippen LogP contribution is 2.34. The molecular weight excluding hydrogens is 310 g/mol. The Balaban J connectivity index is 2.07. The molecule has 3 heteroatoms. The molecule has 1 aliphatic rings. The maximum Gasteiger partial charge on any atom is 0.261 e. The third-order valence-electron chi connectivity index (χ3n) is 5.30. The molecule has 0 atom stereocenters. The predicted molar refractivity (Wildman–Crippen MR) is 102 cm³/mol. The zero-order valence-corrected chi connectivity index (χ0v) is 15.5. The second-order valence-electron chi connectivity index (χ2n) is 7.08. The van der Waals surface area contributed by atoms with Gasteiger partial charge in [-0.15, -0.1) is 0 Å². The van der Waals surface area contributed by atoms with Crippen molar-refractivity contribution in [2.45, 2.75) is 65.3 Å². The summed E-state index contributed by atoms with van der Waals surface area (Å²) >= 11 is 0. The molecule has 0 radical (unpaired) electrons. The molecule has 1 heterocycles. The van der Waals surface area contributed by atoms with E-state index in [4.69, 9.17) is 0 Å². The molecule has 2 aromatic rings. The number of amides is 2. The number of carbonyl (C=O) groups excluding carboxylic acids is 2. The molecule has 2 aromatic carbocycles. The molecule has 0 unspecified atom stereocenters. The van der Waals surface area contributed by atoms with Crippen LogP contribution in [0.2, 0.25) is 0 Å². The highest BCUT2D eigenvalue weighted by Gasteiger charge is 2.36. The van der Waals surface area contributed by atoms with Crippen LogP contribution in [0.4, 0.5) is 0 Å². The van der Waals surface area contributed by atoms with Crippen molar-refractivity contribution in [3.05, 3.63) is 47.0 Å². The van der Waals surface area contributed by atoms with Crippen LogP contribution >= 0.6 is 0 Å². The fourth-order valence-electron chi connectivity index (χ4n) is 3.87. The van der Waals surface area contributed by atoms with Crippen LogP contribution in [-0.4, -0.2) is 22.8 Å². The fourth-order valence-corrected chi connectivity index (χ4v) is 3.87. The summed E-state index contributed by atoms with van der Waals surface area (Å²) in [5.41, 5.74) is 2.45. The van der Waals surface area contributed by atoms with Gasteiger partial charge in [0.15, 0.2) is 0 Å². The average molecular weight is 337 g/mol. The predicted octanol–water partition coefficient (Wildman–Crippen LogP) is 5.49. The van der Waals surface area contributed by atoms with Gasteiger partial charge in [-0.3, -0.25) is 14.5 Å². The molecule has 0 saturated heterocycles. The van der Waals surface area contributed by atoms with Gasteiger partial charge < -0.3 is 0 Å². The smallest absolute Gasteiger partial charge is 0.261 e. The number of hydrogen-bond donors (Lipinski definition) is 0. The van der Waals surface area contributed by atoms with Gasteiger partial charge in [0.1, 0.15) is 0 Å². The van der Waals surface area contributed by atoms with E-state index in [9.17, 15) is 9.59 Å². The van der Waals surface area contributed by atoms with E-state index in [-0.39, 0.29) is 17.9 Å². The summed E-state index contributed by atoms with van der Waals surface area (Å²) in [6, 6.07) is 9.67. The van der Waals surface area contributed by atoms with Gasteiger partial charge in [0.05, 0.1) is 0 Å². The van der Waals surface area contributed by atoms with E-state index in [1.54, 1.807) is 4.90 Å². The zero-order valence-electron chi connectivity index (χ0n) is 15.5. The van der Waals surface area contributed by atoms with Gasteiger partial charge in [-0.1, -0.05) is 57.7 Å². The average Bonchev–Trinajstić information content (AvgIpc) is 2.62. The van der Waals surface area contributed by atoms with Gasteiger partial charge in [-0.25, -0.2) is 0 Å². The SMILES string of the molecule is CCCCC(CCCC)N1C(=O)c2cccc3c(C)ccc(c23)C1=O. The minimum Gasteiger partial charge on any atom is -0.271 e. The lowest BCUT2D eigenvalue weighted by atomic mass is 9.89. The van der Waals surface area contributed by atoms with E-state index in [0.29, 0.717) is 11.1 Å². The largest absolute Gasteiger partial charge is 0.271 e. The molecule has 0 spiro atoms. The third kappa shape index (κ3) is 3.08. The summed E-state index contributed by atoms with van der Waals surface area (Å²) in [6.45, 7) is 6.32. The highest BCUT2D eigenvalue weighted by molar-refractivity contribution is 6.25. The van der Waals surface area contributed by atoms with E-state index >= 15 is 0 Å². The zero-order chi connectivity index (χ0) is 18.0. The quantitative estimate of drug-likeness (QED) is 0.626. The third-order valence-corrected chi connectivity index (χ3v) is 5.30. The molecule has 0 aliphatic carbocycles. The molecule has 3 nitrogen and oxygen atoms in total. The summed E-state index contributed by atoms with van der Waals surface area (Å²) in [5.74, 6) is -0.239. The lowest BCUT2D eigenvalue weighted by Gasteiger charge is -2.34. The van der Waals surface area contributed by atoms with Crippen LogP contribution in [0.3, 0.4) is 0 Å². The molecule has 0 N–H and O–H groups in total. The van der Waals surface area contributed by atoms with Crippen molar-refractivity contribution in [2.75, 3.05) is 0 Å². The summed E-state index contributed by atoms with van der Waals surface area (Å²) < 4.78 is 0. The Morgan fingerprint density at radius 1 is 0.880 bits per heavy atom. The molecule has 25 heavy (non-hydrogen) atoms. The monoisotopic (exact) mass is 337 g/mol. The molecule has 0 fully saturated rings. The van der Waals surface area contributed by atoms with Crippen molar-refractivity contribution in [2.24, 2.45) is 0 Å². The van der Waals surface area contributed by atoms with Gasteiger partial charge in [-0.05, 0) is 42.8 Å². The van der Waals surface area contributed by atoms with Gasteiger partial charge in [0.25, 0.3) is 11.8 Å². The fraction of sp³-hybridized carbons (Fsp3) is 0.455. The number of aryl methyl sites for hydroxylation is 1. The Kier molecular flexibility index (Phi) is 5.22. The number of hydrogen-bond acceptors (Lipinski definition) is 2. The van der Waals surface area contributed by atoms with Crippen molar-refractivity contribution in [1.82, 2.24) is 4.90 Å². The topological polar surface area (TPSA) is 37.4 Å². The summed E-state index contributed by atoms with van der Waals surface area (Å²) in [7, 11) is 0. The Morgan fingerprint density at radius 2 is 1.48 bits per heavy atom. The number of benzene rings is 2. The van der Waals surface area contributed by atoms with Crippen LogP contribution in [0, 0.1) is 6.92 Å². The Hall–Kier alpha value is -2.16. The van der Waals surface area contributed by atoms with E-state index in [0.717, 1.165) is 54.9 Å². The van der Waals surface area contributed by atoms with Crippen LogP contribution in [-0.2, 0) is 0 Å². The van der Waals surface area contributed by atoms with Gasteiger partial charge in [-0.2, -0.15) is 0 Å². The molecule has 3 rings (SSSR count).